The van der Waals surface area contributed by atoms with Crippen molar-refractivity contribution in [1.29, 1.82) is 0 Å². The van der Waals surface area contributed by atoms with Crippen LogP contribution in [-0.2, 0) is 0 Å². The molecule has 3 nitrogen and oxygen atoms in total. The quantitative estimate of drug-likeness (QED) is 0.281. The van der Waals surface area contributed by atoms with Crippen LogP contribution in [0.5, 0.6) is 0 Å². The first-order valence-corrected chi connectivity index (χ1v) is 9.89. The van der Waals surface area contributed by atoms with Crippen LogP contribution in [0.1, 0.15) is 0 Å². The highest BCUT2D eigenvalue weighted by Crippen LogP contribution is 2.28. The van der Waals surface area contributed by atoms with Crippen molar-refractivity contribution in [2.45, 2.75) is 0 Å². The monoisotopic (exact) mass is 417 g/mol. The number of fused-ring (bicyclic) bond motifs is 3. The van der Waals surface area contributed by atoms with Crippen LogP contribution < -0.4 is 9.96 Å². The summed E-state index contributed by atoms with van der Waals surface area (Å²) < 4.78 is 1.94. The molecule has 0 aliphatic rings. The third-order valence-corrected chi connectivity index (χ3v) is 5.73. The van der Waals surface area contributed by atoms with Crippen molar-refractivity contribution in [3.63, 3.8) is 0 Å². The number of H-pyrrole nitrogens is 1. The minimum Gasteiger partial charge on any atom is -0.311 e. The molecule has 5 heteroatoms. The van der Waals surface area contributed by atoms with Crippen LogP contribution in [0.15, 0.2) is 89.7 Å². The molecule has 0 aliphatic heterocycles. The van der Waals surface area contributed by atoms with E-state index in [0.717, 1.165) is 27.9 Å². The number of benzene rings is 3. The first-order chi connectivity index (χ1) is 14.1. The number of nitrogens with one attached hydrogen (secondary N) is 1. The van der Waals surface area contributed by atoms with Gasteiger partial charge in [0.05, 0.1) is 10.0 Å². The fourth-order valence-electron chi connectivity index (χ4n) is 3.65. The van der Waals surface area contributed by atoms with E-state index in [1.807, 2.05) is 71.1 Å². The second-order valence-corrected chi connectivity index (χ2v) is 7.63. The molecule has 2 heterocycles. The molecule has 0 radical (unpaired) electrons. The number of aromatic amines is 1. The van der Waals surface area contributed by atoms with E-state index in [9.17, 15) is 4.79 Å². The van der Waals surface area contributed by atoms with E-state index in [1.54, 1.807) is 12.1 Å². The van der Waals surface area contributed by atoms with Crippen molar-refractivity contribution < 1.29 is 4.40 Å². The zero-order valence-corrected chi connectivity index (χ0v) is 16.7. The summed E-state index contributed by atoms with van der Waals surface area (Å²) in [6, 6.07) is 27.5. The third kappa shape index (κ3) is 3.09. The summed E-state index contributed by atoms with van der Waals surface area (Å²) in [5.74, 6) is 0. The fourth-order valence-corrected chi connectivity index (χ4v) is 3.97. The number of aromatic nitrogens is 2. The first kappa shape index (κ1) is 17.9. The fraction of sp³-hybridized carbons (Fsp3) is 0. The van der Waals surface area contributed by atoms with E-state index in [-0.39, 0.29) is 5.56 Å². The van der Waals surface area contributed by atoms with E-state index in [0.29, 0.717) is 21.1 Å². The SMILES string of the molecule is O=c1[nH]c2cc(Cl)c(Cl)cc2[n+]2c(-c3ccccc3)cc(-c3ccccc3)cc12. The highest BCUT2D eigenvalue weighted by Gasteiger charge is 2.23. The smallest absolute Gasteiger partial charge is 0.311 e. The van der Waals surface area contributed by atoms with Gasteiger partial charge in [0.2, 0.25) is 11.2 Å². The summed E-state index contributed by atoms with van der Waals surface area (Å²) in [6.07, 6.45) is 0. The maximum absolute atomic E-state index is 13.0. The van der Waals surface area contributed by atoms with Gasteiger partial charge in [-0.3, -0.25) is 4.79 Å². The Morgan fingerprint density at radius 2 is 1.28 bits per heavy atom. The standard InChI is InChI=1S/C24H14Cl2N2O/c25-18-13-20-22(14-19(18)26)28-21(16-9-5-2-6-10-16)11-17(12-23(28)24(29)27-20)15-7-3-1-4-8-15/h1-14H/p+1. The summed E-state index contributed by atoms with van der Waals surface area (Å²) in [7, 11) is 0. The lowest BCUT2D eigenvalue weighted by molar-refractivity contribution is -0.470. The highest BCUT2D eigenvalue weighted by molar-refractivity contribution is 6.42. The Bertz CT molecular complexity index is 1430. The van der Waals surface area contributed by atoms with Crippen LogP contribution in [0.2, 0.25) is 10.0 Å². The Morgan fingerprint density at radius 3 is 1.97 bits per heavy atom. The van der Waals surface area contributed by atoms with Crippen LogP contribution in [0.3, 0.4) is 0 Å². The number of pyridine rings is 1. The molecule has 5 rings (SSSR count). The van der Waals surface area contributed by atoms with Crippen LogP contribution >= 0.6 is 23.2 Å². The van der Waals surface area contributed by atoms with Crippen molar-refractivity contribution in [3.8, 4) is 22.4 Å². The molecule has 29 heavy (non-hydrogen) atoms. The maximum atomic E-state index is 13.0. The topological polar surface area (TPSA) is 37.0 Å². The molecule has 0 saturated carbocycles. The van der Waals surface area contributed by atoms with Gasteiger partial charge in [0.1, 0.15) is 5.52 Å². The van der Waals surface area contributed by atoms with Gasteiger partial charge < -0.3 is 4.98 Å². The van der Waals surface area contributed by atoms with Crippen molar-refractivity contribution in [3.05, 3.63) is 105 Å². The molecule has 5 aromatic rings. The molecule has 2 aromatic heterocycles. The second kappa shape index (κ2) is 7.03. The van der Waals surface area contributed by atoms with Gasteiger partial charge in [0, 0.05) is 23.8 Å². The lowest BCUT2D eigenvalue weighted by atomic mass is 10.0. The normalized spacial score (nSPS) is 11.2. The van der Waals surface area contributed by atoms with Crippen molar-refractivity contribution in [2.75, 3.05) is 0 Å². The Labute approximate surface area is 176 Å². The lowest BCUT2D eigenvalue weighted by Gasteiger charge is -2.08. The molecule has 0 aliphatic carbocycles. The van der Waals surface area contributed by atoms with Gasteiger partial charge in [-0.1, -0.05) is 71.7 Å². The Balaban J connectivity index is 1.98. The number of hydrogen-bond donors (Lipinski definition) is 1. The van der Waals surface area contributed by atoms with Gasteiger partial charge >= 0.3 is 5.56 Å². The lowest BCUT2D eigenvalue weighted by Crippen LogP contribution is -2.33. The molecule has 0 unspecified atom stereocenters. The average molecular weight is 418 g/mol. The Morgan fingerprint density at radius 1 is 0.655 bits per heavy atom. The number of rotatable bonds is 2. The van der Waals surface area contributed by atoms with Crippen molar-refractivity contribution in [1.82, 2.24) is 4.98 Å². The minimum atomic E-state index is -0.189. The molecule has 0 saturated heterocycles. The molecule has 1 N–H and O–H groups in total. The van der Waals surface area contributed by atoms with E-state index in [2.05, 4.69) is 11.1 Å². The highest BCUT2D eigenvalue weighted by atomic mass is 35.5. The van der Waals surface area contributed by atoms with Crippen molar-refractivity contribution >= 4 is 39.8 Å². The number of halogens is 2. The van der Waals surface area contributed by atoms with Gasteiger partial charge in [-0.15, -0.1) is 4.40 Å². The van der Waals surface area contributed by atoms with Crippen LogP contribution in [0.4, 0.5) is 0 Å². The van der Waals surface area contributed by atoms with Gasteiger partial charge in [0.25, 0.3) is 5.52 Å². The molecule has 0 bridgehead atoms. The summed E-state index contributed by atoms with van der Waals surface area (Å²) in [4.78, 5) is 15.9. The first-order valence-electron chi connectivity index (χ1n) is 9.13. The molecule has 0 fully saturated rings. The zero-order valence-electron chi connectivity index (χ0n) is 15.2. The number of hydrogen-bond acceptors (Lipinski definition) is 1. The average Bonchev–Trinajstić information content (AvgIpc) is 2.76. The summed E-state index contributed by atoms with van der Waals surface area (Å²) in [5.41, 5.74) is 5.67. The van der Waals surface area contributed by atoms with Gasteiger partial charge in [0.15, 0.2) is 0 Å². The molecule has 0 spiro atoms. The predicted molar refractivity (Wildman–Crippen MR) is 119 cm³/mol. The molecule has 3 aromatic carbocycles. The molecular weight excluding hydrogens is 403 g/mol. The molecule has 140 valence electrons. The molecule has 0 amide bonds. The van der Waals surface area contributed by atoms with Crippen LogP contribution in [-0.4, -0.2) is 4.98 Å². The van der Waals surface area contributed by atoms with E-state index < -0.39 is 0 Å². The van der Waals surface area contributed by atoms with Crippen LogP contribution in [0, 0.1) is 0 Å². The van der Waals surface area contributed by atoms with Crippen LogP contribution in [0.25, 0.3) is 38.9 Å². The third-order valence-electron chi connectivity index (χ3n) is 5.00. The zero-order chi connectivity index (χ0) is 20.0. The maximum Gasteiger partial charge on any atom is 0.321 e. The summed E-state index contributed by atoms with van der Waals surface area (Å²) in [6.45, 7) is 0. The van der Waals surface area contributed by atoms with E-state index >= 15 is 0 Å². The molecular formula is C24H15Cl2N2O+. The second-order valence-electron chi connectivity index (χ2n) is 6.82. The van der Waals surface area contributed by atoms with Gasteiger partial charge in [-0.05, 0) is 29.3 Å². The van der Waals surface area contributed by atoms with E-state index in [4.69, 9.17) is 23.2 Å². The predicted octanol–water partition coefficient (Wildman–Crippen LogP) is 5.91. The number of nitrogens with zero attached hydrogens (tertiary/aromatic N) is 1. The van der Waals surface area contributed by atoms with Gasteiger partial charge in [-0.25, -0.2) is 0 Å². The largest absolute Gasteiger partial charge is 0.321 e. The van der Waals surface area contributed by atoms with Gasteiger partial charge in [-0.2, -0.15) is 0 Å². The Kier molecular flexibility index (Phi) is 4.35. The molecule has 0 atom stereocenters. The van der Waals surface area contributed by atoms with Crippen molar-refractivity contribution in [2.24, 2.45) is 0 Å². The Hall–Kier alpha value is -3.14. The summed E-state index contributed by atoms with van der Waals surface area (Å²) >= 11 is 12.5. The van der Waals surface area contributed by atoms with E-state index in [1.165, 1.54) is 0 Å². The minimum absolute atomic E-state index is 0.189. The summed E-state index contributed by atoms with van der Waals surface area (Å²) in [5, 5.41) is 0.836.